The van der Waals surface area contributed by atoms with E-state index in [0.29, 0.717) is 36.9 Å². The number of hydrogen-bond acceptors (Lipinski definition) is 9. The lowest BCUT2D eigenvalue weighted by atomic mass is 10.0. The molecule has 2 amide bonds. The number of sulfonamides is 1. The molecule has 13 heteroatoms. The summed E-state index contributed by atoms with van der Waals surface area (Å²) in [5.74, 6) is -0.561. The van der Waals surface area contributed by atoms with Gasteiger partial charge >= 0.3 is 0 Å². The molecule has 11 nitrogen and oxygen atoms in total. The van der Waals surface area contributed by atoms with E-state index < -0.39 is 15.9 Å². The van der Waals surface area contributed by atoms with Crippen molar-refractivity contribution in [3.8, 4) is 12.1 Å². The Kier molecular flexibility index (Phi) is 9.90. The Hall–Kier alpha value is -3.33. The van der Waals surface area contributed by atoms with Gasteiger partial charge in [-0.1, -0.05) is 6.92 Å². The molecule has 0 saturated carbocycles. The highest BCUT2D eigenvalue weighted by Gasteiger charge is 2.32. The summed E-state index contributed by atoms with van der Waals surface area (Å²) >= 11 is 1.42. The second kappa shape index (κ2) is 13.4. The average molecular weight is 585 g/mol. The standard InChI is InChI=1S/C27H32N6O5S2/c1-2-31-14-9-22-23(19-31)39-26(24(22)27(35)32-15-17-38-18-16-32)30-25(34)20-5-7-21(8-6-20)40(36,37)33(12-3-10-28)13-4-11-29/h5-8H,2-4,9,12-19H2,1H3,(H,30,34). The van der Waals surface area contributed by atoms with Crippen LogP contribution < -0.4 is 5.32 Å². The van der Waals surface area contributed by atoms with Gasteiger partial charge in [0.15, 0.2) is 0 Å². The summed E-state index contributed by atoms with van der Waals surface area (Å²) in [6.45, 7) is 6.43. The molecule has 212 valence electrons. The molecule has 1 aromatic carbocycles. The van der Waals surface area contributed by atoms with E-state index in [1.54, 1.807) is 4.90 Å². The molecule has 0 bridgehead atoms. The van der Waals surface area contributed by atoms with E-state index in [1.807, 2.05) is 12.1 Å². The van der Waals surface area contributed by atoms with E-state index in [0.717, 1.165) is 40.8 Å². The Bertz CT molecular complexity index is 1400. The summed E-state index contributed by atoms with van der Waals surface area (Å²) in [6.07, 6.45) is 0.719. The first-order chi connectivity index (χ1) is 19.3. The summed E-state index contributed by atoms with van der Waals surface area (Å²) in [6, 6.07) is 9.38. The summed E-state index contributed by atoms with van der Waals surface area (Å²) < 4.78 is 32.7. The van der Waals surface area contributed by atoms with Gasteiger partial charge in [-0.25, -0.2) is 8.42 Å². The molecule has 2 aliphatic rings. The molecule has 0 aliphatic carbocycles. The number of fused-ring (bicyclic) bond motifs is 1. The Morgan fingerprint density at radius 3 is 2.33 bits per heavy atom. The number of ether oxygens (including phenoxy) is 1. The molecular weight excluding hydrogens is 552 g/mol. The van der Waals surface area contributed by atoms with Gasteiger partial charge in [0.1, 0.15) is 5.00 Å². The van der Waals surface area contributed by atoms with Gasteiger partial charge in [-0.05, 0) is 42.8 Å². The number of morpholine rings is 1. The lowest BCUT2D eigenvalue weighted by Gasteiger charge is -2.29. The van der Waals surface area contributed by atoms with Crippen LogP contribution >= 0.6 is 11.3 Å². The van der Waals surface area contributed by atoms with Crippen LogP contribution in [0.15, 0.2) is 29.2 Å². The number of likely N-dealkylation sites (N-methyl/N-ethyl adjacent to an activating group) is 1. The normalized spacial score (nSPS) is 15.8. The van der Waals surface area contributed by atoms with Crippen LogP contribution in [0.5, 0.6) is 0 Å². The van der Waals surface area contributed by atoms with E-state index >= 15 is 0 Å². The maximum absolute atomic E-state index is 13.6. The van der Waals surface area contributed by atoms with E-state index in [4.69, 9.17) is 15.3 Å². The van der Waals surface area contributed by atoms with Crippen molar-refractivity contribution >= 4 is 38.2 Å². The summed E-state index contributed by atoms with van der Waals surface area (Å²) in [5.41, 5.74) is 1.76. The van der Waals surface area contributed by atoms with Crippen molar-refractivity contribution in [1.29, 1.82) is 10.5 Å². The van der Waals surface area contributed by atoms with E-state index in [2.05, 4.69) is 17.1 Å². The van der Waals surface area contributed by atoms with Crippen molar-refractivity contribution in [2.75, 3.05) is 57.8 Å². The highest BCUT2D eigenvalue weighted by atomic mass is 32.2. The van der Waals surface area contributed by atoms with E-state index in [-0.39, 0.29) is 42.3 Å². The first-order valence-electron chi connectivity index (χ1n) is 13.2. The van der Waals surface area contributed by atoms with Gasteiger partial charge < -0.3 is 15.0 Å². The molecular formula is C27H32N6O5S2. The minimum Gasteiger partial charge on any atom is -0.378 e. The molecule has 1 saturated heterocycles. The molecule has 1 aromatic heterocycles. The lowest BCUT2D eigenvalue weighted by molar-refractivity contribution is 0.0303. The SMILES string of the molecule is CCN1CCc2c(sc(NC(=O)c3ccc(S(=O)(=O)N(CCC#N)CCC#N)cc3)c2C(=O)N2CCOCC2)C1. The third kappa shape index (κ3) is 6.52. The fraction of sp³-hybridized carbons (Fsp3) is 0.481. The number of anilines is 1. The zero-order chi connectivity index (χ0) is 28.7. The average Bonchev–Trinajstić information content (AvgIpc) is 3.33. The highest BCUT2D eigenvalue weighted by Crippen LogP contribution is 2.38. The van der Waals surface area contributed by atoms with Crippen molar-refractivity contribution in [2.45, 2.75) is 37.6 Å². The third-order valence-corrected chi connectivity index (χ3v) is 10.1. The van der Waals surface area contributed by atoms with Crippen molar-refractivity contribution < 1.29 is 22.7 Å². The monoisotopic (exact) mass is 584 g/mol. The molecule has 0 unspecified atom stereocenters. The van der Waals surface area contributed by atoms with Gasteiger partial charge in [0.2, 0.25) is 10.0 Å². The van der Waals surface area contributed by atoms with Crippen LogP contribution in [-0.2, 0) is 27.7 Å². The fourth-order valence-electron chi connectivity index (χ4n) is 4.77. The molecule has 1 N–H and O–H groups in total. The Balaban J connectivity index is 1.57. The largest absolute Gasteiger partial charge is 0.378 e. The number of rotatable bonds is 10. The zero-order valence-corrected chi connectivity index (χ0v) is 24.0. The van der Waals surface area contributed by atoms with Crippen molar-refractivity contribution in [1.82, 2.24) is 14.1 Å². The van der Waals surface area contributed by atoms with Gasteiger partial charge in [-0.3, -0.25) is 14.5 Å². The van der Waals surface area contributed by atoms with Gasteiger partial charge in [0.05, 0.1) is 35.8 Å². The number of nitrogens with zero attached hydrogens (tertiary/aromatic N) is 5. The summed E-state index contributed by atoms with van der Waals surface area (Å²) in [5, 5.41) is 21.2. The molecule has 3 heterocycles. The summed E-state index contributed by atoms with van der Waals surface area (Å²) in [4.78, 5) is 32.0. The minimum atomic E-state index is -3.95. The topological polar surface area (TPSA) is 147 Å². The lowest BCUT2D eigenvalue weighted by Crippen LogP contribution is -2.41. The van der Waals surface area contributed by atoms with Gasteiger partial charge in [0.25, 0.3) is 11.8 Å². The molecule has 0 radical (unpaired) electrons. The smallest absolute Gasteiger partial charge is 0.257 e. The Morgan fingerprint density at radius 1 is 1.07 bits per heavy atom. The first-order valence-corrected chi connectivity index (χ1v) is 15.4. The zero-order valence-electron chi connectivity index (χ0n) is 22.4. The second-order valence-corrected chi connectivity index (χ2v) is 12.5. The number of amides is 2. The number of carbonyl (C=O) groups is 2. The minimum absolute atomic E-state index is 0.00252. The van der Waals surface area contributed by atoms with E-state index in [9.17, 15) is 18.0 Å². The third-order valence-electron chi connectivity index (χ3n) is 7.02. The number of benzene rings is 1. The molecule has 0 atom stereocenters. The maximum Gasteiger partial charge on any atom is 0.257 e. The molecule has 1 fully saturated rings. The number of nitriles is 2. The van der Waals surface area contributed by atoms with Crippen molar-refractivity contribution in [3.05, 3.63) is 45.8 Å². The highest BCUT2D eigenvalue weighted by molar-refractivity contribution is 7.89. The van der Waals surface area contributed by atoms with Gasteiger partial charge in [-0.15, -0.1) is 11.3 Å². The van der Waals surface area contributed by atoms with Crippen LogP contribution in [0.1, 0.15) is 50.9 Å². The van der Waals surface area contributed by atoms with Crippen LogP contribution in [0, 0.1) is 22.7 Å². The number of nitrogens with one attached hydrogen (secondary N) is 1. The van der Waals surface area contributed by atoms with Crippen molar-refractivity contribution in [2.24, 2.45) is 0 Å². The maximum atomic E-state index is 13.6. The molecule has 40 heavy (non-hydrogen) atoms. The van der Waals surface area contributed by atoms with Gasteiger partial charge in [0, 0.05) is 62.6 Å². The first kappa shape index (κ1) is 29.6. The predicted octanol–water partition coefficient (Wildman–Crippen LogP) is 2.67. The number of thiophene rings is 1. The second-order valence-electron chi connectivity index (χ2n) is 9.43. The quantitative estimate of drug-likeness (QED) is 0.448. The van der Waals surface area contributed by atoms with Gasteiger partial charge in [-0.2, -0.15) is 14.8 Å². The molecule has 0 spiro atoms. The molecule has 2 aromatic rings. The van der Waals surface area contributed by atoms with Crippen LogP contribution in [0.2, 0.25) is 0 Å². The van der Waals surface area contributed by atoms with Crippen LogP contribution in [-0.4, -0.2) is 86.8 Å². The predicted molar refractivity (Wildman–Crippen MR) is 149 cm³/mol. The molecule has 2 aliphatic heterocycles. The number of hydrogen-bond donors (Lipinski definition) is 1. The van der Waals surface area contributed by atoms with Crippen molar-refractivity contribution in [3.63, 3.8) is 0 Å². The Labute approximate surface area is 238 Å². The van der Waals surface area contributed by atoms with Crippen LogP contribution in [0.4, 0.5) is 5.00 Å². The Morgan fingerprint density at radius 2 is 1.73 bits per heavy atom. The fourth-order valence-corrected chi connectivity index (χ4v) is 7.49. The van der Waals surface area contributed by atoms with Crippen LogP contribution in [0.3, 0.4) is 0 Å². The number of carbonyl (C=O) groups excluding carboxylic acids is 2. The van der Waals surface area contributed by atoms with E-state index in [1.165, 1.54) is 35.6 Å². The molecule has 4 rings (SSSR count). The van der Waals surface area contributed by atoms with Crippen LogP contribution in [0.25, 0.3) is 0 Å². The summed E-state index contributed by atoms with van der Waals surface area (Å²) in [7, 11) is -3.95.